The number of carbonyl (C=O) groups is 2. The number of hydrogen-bond acceptors (Lipinski definition) is 5. The first-order chi connectivity index (χ1) is 14.6. The van der Waals surface area contributed by atoms with Crippen LogP contribution in [0.25, 0.3) is 0 Å². The van der Waals surface area contributed by atoms with Gasteiger partial charge in [-0.05, 0) is 17.7 Å². The molecule has 0 bridgehead atoms. The summed E-state index contributed by atoms with van der Waals surface area (Å²) >= 11 is 0. The van der Waals surface area contributed by atoms with Crippen LogP contribution in [-0.2, 0) is 16.1 Å². The summed E-state index contributed by atoms with van der Waals surface area (Å²) in [6.45, 7) is 3.94. The fourth-order valence-electron chi connectivity index (χ4n) is 3.63. The van der Waals surface area contributed by atoms with Crippen LogP contribution in [0.15, 0.2) is 59.6 Å². The Balaban J connectivity index is 1.37. The number of para-hydroxylation sites is 1. The van der Waals surface area contributed by atoms with E-state index in [9.17, 15) is 14.0 Å². The highest BCUT2D eigenvalue weighted by Gasteiger charge is 2.30. The van der Waals surface area contributed by atoms with Crippen molar-refractivity contribution in [3.63, 3.8) is 0 Å². The second-order valence-electron chi connectivity index (χ2n) is 7.44. The van der Waals surface area contributed by atoms with Crippen LogP contribution < -0.4 is 10.6 Å². The number of benzene rings is 2. The Bertz CT molecular complexity index is 942. The van der Waals surface area contributed by atoms with Gasteiger partial charge in [0.15, 0.2) is 0 Å². The fourth-order valence-corrected chi connectivity index (χ4v) is 3.63. The number of hydrogen-bond donors (Lipinski definition) is 2. The van der Waals surface area contributed by atoms with Gasteiger partial charge in [-0.3, -0.25) is 19.8 Å². The average molecular weight is 409 g/mol. The van der Waals surface area contributed by atoms with Crippen molar-refractivity contribution in [2.24, 2.45) is 4.99 Å². The maximum atomic E-state index is 13.8. The van der Waals surface area contributed by atoms with Crippen molar-refractivity contribution in [1.82, 2.24) is 15.1 Å². The minimum atomic E-state index is -0.879. The van der Waals surface area contributed by atoms with Crippen LogP contribution in [0.5, 0.6) is 0 Å². The van der Waals surface area contributed by atoms with E-state index in [0.29, 0.717) is 19.0 Å². The van der Waals surface area contributed by atoms with Gasteiger partial charge in [0.1, 0.15) is 11.9 Å². The summed E-state index contributed by atoms with van der Waals surface area (Å²) in [5.74, 6) is -0.861. The van der Waals surface area contributed by atoms with E-state index in [1.165, 1.54) is 17.7 Å². The Morgan fingerprint density at radius 3 is 2.50 bits per heavy atom. The summed E-state index contributed by atoms with van der Waals surface area (Å²) in [7, 11) is 0. The lowest BCUT2D eigenvalue weighted by molar-refractivity contribution is -0.125. The van der Waals surface area contributed by atoms with Crippen molar-refractivity contribution in [3.05, 3.63) is 66.0 Å². The van der Waals surface area contributed by atoms with E-state index in [1.807, 2.05) is 23.1 Å². The average Bonchev–Trinajstić information content (AvgIpc) is 2.76. The van der Waals surface area contributed by atoms with E-state index >= 15 is 0 Å². The monoisotopic (exact) mass is 409 g/mol. The summed E-state index contributed by atoms with van der Waals surface area (Å²) in [5, 5.41) is 5.31. The number of anilines is 1. The molecular formula is C22H24FN5O2. The molecule has 1 unspecified atom stereocenters. The Kier molecular flexibility index (Phi) is 6.04. The number of guanidine groups is 1. The highest BCUT2D eigenvalue weighted by molar-refractivity contribution is 6.06. The Morgan fingerprint density at radius 2 is 1.77 bits per heavy atom. The van der Waals surface area contributed by atoms with Gasteiger partial charge in [0.05, 0.1) is 12.1 Å². The van der Waals surface area contributed by atoms with E-state index in [2.05, 4.69) is 32.7 Å². The Hall–Kier alpha value is -3.26. The molecule has 2 aromatic rings. The molecule has 0 saturated carbocycles. The zero-order valence-corrected chi connectivity index (χ0v) is 16.6. The van der Waals surface area contributed by atoms with Crippen LogP contribution in [0.1, 0.15) is 12.0 Å². The van der Waals surface area contributed by atoms with Crippen LogP contribution in [0.2, 0.25) is 0 Å². The summed E-state index contributed by atoms with van der Waals surface area (Å²) in [5.41, 5.74) is 1.35. The molecular weight excluding hydrogens is 385 g/mol. The van der Waals surface area contributed by atoms with Crippen LogP contribution in [0.3, 0.4) is 0 Å². The summed E-state index contributed by atoms with van der Waals surface area (Å²) < 4.78 is 13.8. The highest BCUT2D eigenvalue weighted by atomic mass is 19.1. The smallest absolute Gasteiger partial charge is 0.249 e. The van der Waals surface area contributed by atoms with Gasteiger partial charge < -0.3 is 10.2 Å². The Morgan fingerprint density at radius 1 is 1.07 bits per heavy atom. The first-order valence-corrected chi connectivity index (χ1v) is 10.0. The lowest BCUT2D eigenvalue weighted by atomic mass is 10.1. The molecule has 2 N–H and O–H groups in total. The normalized spacial score (nSPS) is 19.8. The standard InChI is InChI=1S/C22H24FN5O2/c23-17-8-4-5-9-18(17)24-21(30)19-14-20(29)26-22(25-19)28-12-10-27(11-13-28)15-16-6-2-1-3-7-16/h1-9,19H,10-15H2,(H,24,30)(H,25,26,29). The quantitative estimate of drug-likeness (QED) is 0.808. The molecule has 2 aliphatic heterocycles. The molecule has 8 heteroatoms. The molecule has 2 amide bonds. The Labute approximate surface area is 174 Å². The number of carbonyl (C=O) groups excluding carboxylic acids is 2. The summed E-state index contributed by atoms with van der Waals surface area (Å²) in [6, 6.07) is 15.3. The van der Waals surface area contributed by atoms with Gasteiger partial charge in [-0.15, -0.1) is 0 Å². The molecule has 2 heterocycles. The molecule has 30 heavy (non-hydrogen) atoms. The number of halogens is 1. The predicted molar refractivity (Wildman–Crippen MR) is 112 cm³/mol. The van der Waals surface area contributed by atoms with Gasteiger partial charge in [-0.25, -0.2) is 9.38 Å². The zero-order chi connectivity index (χ0) is 20.9. The van der Waals surface area contributed by atoms with E-state index in [4.69, 9.17) is 0 Å². The van der Waals surface area contributed by atoms with E-state index in [-0.39, 0.29) is 18.0 Å². The minimum absolute atomic E-state index is 0.0578. The van der Waals surface area contributed by atoms with E-state index in [1.54, 1.807) is 12.1 Å². The van der Waals surface area contributed by atoms with Gasteiger partial charge in [-0.2, -0.15) is 0 Å². The molecule has 0 aromatic heterocycles. The van der Waals surface area contributed by atoms with Gasteiger partial charge in [0.25, 0.3) is 0 Å². The van der Waals surface area contributed by atoms with Gasteiger partial charge >= 0.3 is 0 Å². The van der Waals surface area contributed by atoms with Crippen LogP contribution in [0.4, 0.5) is 10.1 Å². The lowest BCUT2D eigenvalue weighted by Crippen LogP contribution is -2.56. The van der Waals surface area contributed by atoms with Crippen molar-refractivity contribution in [2.75, 3.05) is 31.5 Å². The maximum absolute atomic E-state index is 13.8. The number of aliphatic imine (C=N–C) groups is 1. The zero-order valence-electron chi connectivity index (χ0n) is 16.6. The number of nitrogens with zero attached hydrogens (tertiary/aromatic N) is 3. The van der Waals surface area contributed by atoms with E-state index < -0.39 is 17.8 Å². The predicted octanol–water partition coefficient (Wildman–Crippen LogP) is 1.83. The molecule has 156 valence electrons. The summed E-state index contributed by atoms with van der Waals surface area (Å²) in [4.78, 5) is 33.5. The van der Waals surface area contributed by atoms with Crippen molar-refractivity contribution < 1.29 is 14.0 Å². The lowest BCUT2D eigenvalue weighted by Gasteiger charge is -2.37. The first kappa shape index (κ1) is 20.0. The fraction of sp³-hybridized carbons (Fsp3) is 0.318. The number of amides is 2. The van der Waals surface area contributed by atoms with Crippen molar-refractivity contribution in [2.45, 2.75) is 19.0 Å². The molecule has 1 saturated heterocycles. The highest BCUT2D eigenvalue weighted by Crippen LogP contribution is 2.16. The maximum Gasteiger partial charge on any atom is 0.249 e. The third-order valence-electron chi connectivity index (χ3n) is 5.26. The van der Waals surface area contributed by atoms with Gasteiger partial charge in [0, 0.05) is 32.7 Å². The molecule has 1 atom stereocenters. The van der Waals surface area contributed by atoms with Crippen molar-refractivity contribution in [1.29, 1.82) is 0 Å². The van der Waals surface area contributed by atoms with Gasteiger partial charge in [-0.1, -0.05) is 42.5 Å². The molecule has 1 fully saturated rings. The second kappa shape index (κ2) is 9.04. The molecule has 0 aliphatic carbocycles. The third kappa shape index (κ3) is 4.83. The summed E-state index contributed by atoms with van der Waals surface area (Å²) in [6.07, 6.45) is -0.0578. The first-order valence-electron chi connectivity index (χ1n) is 10.0. The third-order valence-corrected chi connectivity index (χ3v) is 5.26. The van der Waals surface area contributed by atoms with Crippen molar-refractivity contribution >= 4 is 23.5 Å². The van der Waals surface area contributed by atoms with Crippen LogP contribution >= 0.6 is 0 Å². The topological polar surface area (TPSA) is 77.0 Å². The number of piperazine rings is 1. The second-order valence-corrected chi connectivity index (χ2v) is 7.44. The SMILES string of the molecule is O=C1CC(C(=O)Nc2ccccc2F)N=C(N2CCN(Cc3ccccc3)CC2)N1. The minimum Gasteiger partial charge on any atom is -0.340 e. The molecule has 2 aliphatic rings. The van der Waals surface area contributed by atoms with Gasteiger partial charge in [0.2, 0.25) is 17.8 Å². The molecule has 7 nitrogen and oxygen atoms in total. The molecule has 2 aromatic carbocycles. The van der Waals surface area contributed by atoms with Crippen LogP contribution in [0, 0.1) is 5.82 Å². The molecule has 0 radical (unpaired) electrons. The van der Waals surface area contributed by atoms with Crippen molar-refractivity contribution in [3.8, 4) is 0 Å². The molecule has 0 spiro atoms. The van der Waals surface area contributed by atoms with Crippen LogP contribution in [-0.4, -0.2) is 59.8 Å². The largest absolute Gasteiger partial charge is 0.340 e. The number of nitrogens with one attached hydrogen (secondary N) is 2. The van der Waals surface area contributed by atoms with E-state index in [0.717, 1.165) is 19.6 Å². The molecule has 4 rings (SSSR count). The number of rotatable bonds is 4.